The zero-order valence-electron chi connectivity index (χ0n) is 15.8. The van der Waals surface area contributed by atoms with Crippen LogP contribution in [0.5, 0.6) is 0 Å². The molecule has 1 fully saturated rings. The molecule has 0 unspecified atom stereocenters. The van der Waals surface area contributed by atoms with Gasteiger partial charge in [-0.25, -0.2) is 9.97 Å². The van der Waals surface area contributed by atoms with Gasteiger partial charge in [0.05, 0.1) is 28.8 Å². The van der Waals surface area contributed by atoms with Crippen molar-refractivity contribution in [1.82, 2.24) is 19.4 Å². The molecule has 28 heavy (non-hydrogen) atoms. The number of aromatic nitrogens is 4. The SMILES string of the molecule is Cc1[nH]cnc1C1CCN(c2cccc3cnc(-c4ccccc4Cl)n23)CC1. The fraction of sp³-hybridized carbons (Fsp3) is 0.273. The topological polar surface area (TPSA) is 49.2 Å². The smallest absolute Gasteiger partial charge is 0.147 e. The predicted octanol–water partition coefficient (Wildman–Crippen LogP) is 5.07. The molecule has 1 aromatic carbocycles. The molecule has 1 aliphatic rings. The molecule has 0 spiro atoms. The van der Waals surface area contributed by atoms with Crippen molar-refractivity contribution in [2.24, 2.45) is 0 Å². The van der Waals surface area contributed by atoms with E-state index in [9.17, 15) is 0 Å². The summed E-state index contributed by atoms with van der Waals surface area (Å²) in [6, 6.07) is 14.3. The summed E-state index contributed by atoms with van der Waals surface area (Å²) in [4.78, 5) is 14.9. The Morgan fingerprint density at radius 3 is 2.61 bits per heavy atom. The van der Waals surface area contributed by atoms with Crippen molar-refractivity contribution in [3.05, 3.63) is 71.4 Å². The lowest BCUT2D eigenvalue weighted by atomic mass is 9.92. The summed E-state index contributed by atoms with van der Waals surface area (Å²) < 4.78 is 2.22. The van der Waals surface area contributed by atoms with Crippen molar-refractivity contribution in [2.45, 2.75) is 25.7 Å². The summed E-state index contributed by atoms with van der Waals surface area (Å²) in [6.45, 7) is 4.10. The van der Waals surface area contributed by atoms with E-state index in [2.05, 4.69) is 49.4 Å². The van der Waals surface area contributed by atoms with E-state index >= 15 is 0 Å². The number of pyridine rings is 1. The number of benzene rings is 1. The third kappa shape index (κ3) is 2.87. The summed E-state index contributed by atoms with van der Waals surface area (Å²) in [5.74, 6) is 2.58. The van der Waals surface area contributed by atoms with Gasteiger partial charge in [-0.05, 0) is 44.0 Å². The molecule has 3 aromatic heterocycles. The van der Waals surface area contributed by atoms with Gasteiger partial charge < -0.3 is 9.88 Å². The molecule has 142 valence electrons. The molecular weight excluding hydrogens is 370 g/mol. The summed E-state index contributed by atoms with van der Waals surface area (Å²) >= 11 is 6.47. The van der Waals surface area contributed by atoms with E-state index in [0.717, 1.165) is 47.9 Å². The van der Waals surface area contributed by atoms with E-state index < -0.39 is 0 Å². The van der Waals surface area contributed by atoms with E-state index in [1.165, 1.54) is 17.2 Å². The van der Waals surface area contributed by atoms with Crippen LogP contribution in [0.2, 0.25) is 5.02 Å². The summed E-state index contributed by atoms with van der Waals surface area (Å²) in [7, 11) is 0. The average molecular weight is 392 g/mol. The Morgan fingerprint density at radius 2 is 1.86 bits per heavy atom. The fourth-order valence-corrected chi connectivity index (χ4v) is 4.49. The first-order chi connectivity index (χ1) is 13.7. The van der Waals surface area contributed by atoms with Crippen LogP contribution in [0, 0.1) is 6.92 Å². The molecule has 1 saturated heterocycles. The number of nitrogens with zero attached hydrogens (tertiary/aromatic N) is 4. The largest absolute Gasteiger partial charge is 0.358 e. The Balaban J connectivity index is 1.50. The highest BCUT2D eigenvalue weighted by atomic mass is 35.5. The van der Waals surface area contributed by atoms with Crippen LogP contribution in [-0.4, -0.2) is 32.4 Å². The highest BCUT2D eigenvalue weighted by Gasteiger charge is 2.25. The number of piperidine rings is 1. The quantitative estimate of drug-likeness (QED) is 0.530. The number of aromatic amines is 1. The minimum absolute atomic E-state index is 0.521. The first kappa shape index (κ1) is 17.3. The van der Waals surface area contributed by atoms with Crippen LogP contribution in [0.3, 0.4) is 0 Å². The lowest BCUT2D eigenvalue weighted by Crippen LogP contribution is -2.34. The predicted molar refractivity (Wildman–Crippen MR) is 113 cm³/mol. The van der Waals surface area contributed by atoms with E-state index in [0.29, 0.717) is 5.92 Å². The van der Waals surface area contributed by atoms with Gasteiger partial charge in [0, 0.05) is 30.3 Å². The molecule has 4 aromatic rings. The Kier molecular flexibility index (Phi) is 4.32. The number of aryl methyl sites for hydroxylation is 1. The minimum Gasteiger partial charge on any atom is -0.358 e. The molecule has 0 saturated carbocycles. The molecule has 0 aliphatic carbocycles. The number of hydrogen-bond acceptors (Lipinski definition) is 3. The van der Waals surface area contributed by atoms with Gasteiger partial charge in [-0.3, -0.25) is 4.40 Å². The number of H-pyrrole nitrogens is 1. The molecule has 0 radical (unpaired) electrons. The zero-order valence-corrected chi connectivity index (χ0v) is 16.5. The minimum atomic E-state index is 0.521. The van der Waals surface area contributed by atoms with Gasteiger partial charge in [0.25, 0.3) is 0 Å². The van der Waals surface area contributed by atoms with Gasteiger partial charge in [-0.15, -0.1) is 0 Å². The van der Waals surface area contributed by atoms with Crippen LogP contribution in [0.15, 0.2) is 55.0 Å². The molecule has 6 heteroatoms. The number of fused-ring (bicyclic) bond motifs is 1. The first-order valence-electron chi connectivity index (χ1n) is 9.68. The van der Waals surface area contributed by atoms with Gasteiger partial charge in [0.15, 0.2) is 0 Å². The van der Waals surface area contributed by atoms with Crippen LogP contribution in [-0.2, 0) is 0 Å². The van der Waals surface area contributed by atoms with Crippen molar-refractivity contribution in [3.63, 3.8) is 0 Å². The first-order valence-corrected chi connectivity index (χ1v) is 10.1. The van der Waals surface area contributed by atoms with Gasteiger partial charge in [-0.1, -0.05) is 29.8 Å². The number of anilines is 1. The van der Waals surface area contributed by atoms with Gasteiger partial charge in [-0.2, -0.15) is 0 Å². The Bertz CT molecular complexity index is 1120. The second-order valence-electron chi connectivity index (χ2n) is 7.38. The van der Waals surface area contributed by atoms with E-state index in [1.54, 1.807) is 6.33 Å². The second kappa shape index (κ2) is 6.99. The van der Waals surface area contributed by atoms with Crippen molar-refractivity contribution in [3.8, 4) is 11.4 Å². The molecule has 4 heterocycles. The average Bonchev–Trinajstić information content (AvgIpc) is 3.35. The van der Waals surface area contributed by atoms with Crippen LogP contribution < -0.4 is 4.90 Å². The van der Waals surface area contributed by atoms with Gasteiger partial charge in [0.2, 0.25) is 0 Å². The Hall–Kier alpha value is -2.79. The molecule has 5 nitrogen and oxygen atoms in total. The van der Waals surface area contributed by atoms with Crippen molar-refractivity contribution < 1.29 is 0 Å². The molecule has 1 N–H and O–H groups in total. The summed E-state index contributed by atoms with van der Waals surface area (Å²) in [5.41, 5.74) is 4.45. The molecule has 1 aliphatic heterocycles. The van der Waals surface area contributed by atoms with Crippen LogP contribution >= 0.6 is 11.6 Å². The Morgan fingerprint density at radius 1 is 1.04 bits per heavy atom. The molecule has 0 amide bonds. The normalized spacial score (nSPS) is 15.4. The fourth-order valence-electron chi connectivity index (χ4n) is 4.27. The lowest BCUT2D eigenvalue weighted by Gasteiger charge is -2.33. The maximum absolute atomic E-state index is 6.47. The molecular formula is C22H22ClN5. The second-order valence-corrected chi connectivity index (χ2v) is 7.79. The number of hydrogen-bond donors (Lipinski definition) is 1. The Labute approximate surface area is 169 Å². The van der Waals surface area contributed by atoms with Crippen LogP contribution in [0.1, 0.15) is 30.1 Å². The monoisotopic (exact) mass is 391 g/mol. The third-order valence-electron chi connectivity index (χ3n) is 5.72. The highest BCUT2D eigenvalue weighted by molar-refractivity contribution is 6.33. The summed E-state index contributed by atoms with van der Waals surface area (Å²) in [5, 5.41) is 0.720. The van der Waals surface area contributed by atoms with Crippen molar-refractivity contribution in [2.75, 3.05) is 18.0 Å². The van der Waals surface area contributed by atoms with Crippen molar-refractivity contribution in [1.29, 1.82) is 0 Å². The maximum atomic E-state index is 6.47. The summed E-state index contributed by atoms with van der Waals surface area (Å²) in [6.07, 6.45) is 5.91. The van der Waals surface area contributed by atoms with E-state index in [1.807, 2.05) is 30.5 Å². The van der Waals surface area contributed by atoms with E-state index in [-0.39, 0.29) is 0 Å². The third-order valence-corrected chi connectivity index (χ3v) is 6.05. The number of imidazole rings is 2. The number of rotatable bonds is 3. The number of halogens is 1. The van der Waals surface area contributed by atoms with Crippen molar-refractivity contribution >= 4 is 22.9 Å². The van der Waals surface area contributed by atoms with Gasteiger partial charge >= 0.3 is 0 Å². The molecule has 5 rings (SSSR count). The van der Waals surface area contributed by atoms with E-state index in [4.69, 9.17) is 11.6 Å². The highest BCUT2D eigenvalue weighted by Crippen LogP contribution is 2.34. The zero-order chi connectivity index (χ0) is 19.1. The number of nitrogens with one attached hydrogen (secondary N) is 1. The maximum Gasteiger partial charge on any atom is 0.147 e. The lowest BCUT2D eigenvalue weighted by molar-refractivity contribution is 0.492. The van der Waals surface area contributed by atoms with Gasteiger partial charge in [0.1, 0.15) is 11.6 Å². The van der Waals surface area contributed by atoms with Crippen LogP contribution in [0.25, 0.3) is 16.9 Å². The standard InChI is InChI=1S/C22H22ClN5/c1-15-21(26-14-25-15)16-9-11-27(12-10-16)20-8-4-5-17-13-24-22(28(17)20)18-6-2-3-7-19(18)23/h2-8,13-14,16H,9-12H2,1H3,(H,25,26). The molecule has 0 atom stereocenters. The molecule has 0 bridgehead atoms. The van der Waals surface area contributed by atoms with Crippen LogP contribution in [0.4, 0.5) is 5.82 Å².